The normalized spacial score (nSPS) is 10.4. The van der Waals surface area contributed by atoms with E-state index in [1.807, 2.05) is 36.6 Å². The minimum Gasteiger partial charge on any atom is -0.305 e. The van der Waals surface area contributed by atoms with Crippen molar-refractivity contribution in [3.05, 3.63) is 41.6 Å². The van der Waals surface area contributed by atoms with E-state index in [1.165, 1.54) is 0 Å². The van der Waals surface area contributed by atoms with Crippen LogP contribution in [0.2, 0.25) is 0 Å². The van der Waals surface area contributed by atoms with Crippen molar-refractivity contribution in [2.24, 2.45) is 0 Å². The maximum atomic E-state index is 12.2. The number of hydrogen-bond donors (Lipinski definition) is 2. The van der Waals surface area contributed by atoms with Crippen LogP contribution in [0.1, 0.15) is 29.4 Å². The number of carbonyl (C=O) groups is 1. The molecule has 0 spiro atoms. The van der Waals surface area contributed by atoms with Gasteiger partial charge in [-0.05, 0) is 24.8 Å². The van der Waals surface area contributed by atoms with E-state index in [-0.39, 0.29) is 5.91 Å². The Balaban J connectivity index is 2.11. The van der Waals surface area contributed by atoms with Crippen LogP contribution in [-0.4, -0.2) is 22.4 Å². The summed E-state index contributed by atoms with van der Waals surface area (Å²) < 4.78 is 0. The Kier molecular flexibility index (Phi) is 4.63. The van der Waals surface area contributed by atoms with Gasteiger partial charge < -0.3 is 5.32 Å². The summed E-state index contributed by atoms with van der Waals surface area (Å²) in [7, 11) is 0. The molecule has 0 unspecified atom stereocenters. The molecule has 1 aromatic heterocycles. The van der Waals surface area contributed by atoms with E-state index in [4.69, 9.17) is 0 Å². The van der Waals surface area contributed by atoms with E-state index in [1.54, 1.807) is 11.8 Å². The standard InChI is InChI=1S/C14H17N3OS/c1-3-6-10-9-13(17-16-10)15-14(18)11-7-4-5-8-12(11)19-2/h4-5,7-9H,3,6H2,1-2H3,(H2,15,16,17,18). The fourth-order valence-electron chi connectivity index (χ4n) is 1.84. The van der Waals surface area contributed by atoms with Gasteiger partial charge in [-0.3, -0.25) is 9.89 Å². The summed E-state index contributed by atoms with van der Waals surface area (Å²) in [5.74, 6) is 0.448. The van der Waals surface area contributed by atoms with Crippen LogP contribution in [0.5, 0.6) is 0 Å². The van der Waals surface area contributed by atoms with Crippen molar-refractivity contribution >= 4 is 23.5 Å². The number of H-pyrrole nitrogens is 1. The van der Waals surface area contributed by atoms with Gasteiger partial charge in [0.2, 0.25) is 0 Å². The lowest BCUT2D eigenvalue weighted by Gasteiger charge is -2.06. The molecule has 1 aromatic carbocycles. The lowest BCUT2D eigenvalue weighted by atomic mass is 10.2. The highest BCUT2D eigenvalue weighted by molar-refractivity contribution is 7.98. The third-order valence-electron chi connectivity index (χ3n) is 2.74. The first-order valence-corrected chi connectivity index (χ1v) is 7.45. The third-order valence-corrected chi connectivity index (χ3v) is 3.54. The van der Waals surface area contributed by atoms with Crippen molar-refractivity contribution in [3.8, 4) is 0 Å². The van der Waals surface area contributed by atoms with E-state index < -0.39 is 0 Å². The molecule has 2 rings (SSSR count). The Hall–Kier alpha value is -1.75. The van der Waals surface area contributed by atoms with Gasteiger partial charge in [-0.2, -0.15) is 5.10 Å². The second kappa shape index (κ2) is 6.43. The Bertz CT molecular complexity index is 565. The quantitative estimate of drug-likeness (QED) is 0.823. The molecule has 19 heavy (non-hydrogen) atoms. The number of benzene rings is 1. The number of thioether (sulfide) groups is 1. The van der Waals surface area contributed by atoms with Gasteiger partial charge in [0.15, 0.2) is 5.82 Å². The summed E-state index contributed by atoms with van der Waals surface area (Å²) in [5.41, 5.74) is 1.71. The number of nitrogens with one attached hydrogen (secondary N) is 2. The molecule has 0 aliphatic rings. The second-order valence-electron chi connectivity index (χ2n) is 4.18. The minimum atomic E-state index is -0.125. The van der Waals surface area contributed by atoms with Gasteiger partial charge in [0.05, 0.1) is 5.56 Å². The molecule has 1 heterocycles. The van der Waals surface area contributed by atoms with E-state index in [9.17, 15) is 4.79 Å². The summed E-state index contributed by atoms with van der Waals surface area (Å²) in [6, 6.07) is 9.43. The third kappa shape index (κ3) is 3.38. The molecule has 1 amide bonds. The molecule has 2 N–H and O–H groups in total. The van der Waals surface area contributed by atoms with Gasteiger partial charge in [-0.25, -0.2) is 0 Å². The van der Waals surface area contributed by atoms with Crippen molar-refractivity contribution in [3.63, 3.8) is 0 Å². The van der Waals surface area contributed by atoms with Crippen LogP contribution in [0.15, 0.2) is 35.2 Å². The van der Waals surface area contributed by atoms with Gasteiger partial charge in [0, 0.05) is 16.7 Å². The van der Waals surface area contributed by atoms with E-state index in [2.05, 4.69) is 22.4 Å². The van der Waals surface area contributed by atoms with Gasteiger partial charge in [-0.1, -0.05) is 25.5 Å². The highest BCUT2D eigenvalue weighted by atomic mass is 32.2. The van der Waals surface area contributed by atoms with Gasteiger partial charge in [-0.15, -0.1) is 11.8 Å². The van der Waals surface area contributed by atoms with Crippen LogP contribution in [-0.2, 0) is 6.42 Å². The van der Waals surface area contributed by atoms with E-state index in [0.717, 1.165) is 23.4 Å². The highest BCUT2D eigenvalue weighted by Crippen LogP contribution is 2.20. The number of hydrogen-bond acceptors (Lipinski definition) is 3. The number of aryl methyl sites for hydroxylation is 1. The second-order valence-corrected chi connectivity index (χ2v) is 5.03. The van der Waals surface area contributed by atoms with Gasteiger partial charge in [0.25, 0.3) is 5.91 Å². The molecule has 0 atom stereocenters. The number of rotatable bonds is 5. The molecule has 0 fully saturated rings. The van der Waals surface area contributed by atoms with Crippen molar-refractivity contribution in [1.82, 2.24) is 10.2 Å². The number of amides is 1. The van der Waals surface area contributed by atoms with Crippen molar-refractivity contribution in [2.45, 2.75) is 24.7 Å². The Morgan fingerprint density at radius 2 is 2.21 bits per heavy atom. The molecule has 0 saturated heterocycles. The number of anilines is 1. The Morgan fingerprint density at radius 3 is 2.95 bits per heavy atom. The van der Waals surface area contributed by atoms with Crippen molar-refractivity contribution in [2.75, 3.05) is 11.6 Å². The Labute approximate surface area is 117 Å². The molecule has 0 radical (unpaired) electrons. The molecule has 2 aromatic rings. The zero-order valence-electron chi connectivity index (χ0n) is 11.1. The summed E-state index contributed by atoms with van der Waals surface area (Å²) in [6.07, 6.45) is 3.94. The summed E-state index contributed by atoms with van der Waals surface area (Å²) in [4.78, 5) is 13.1. The molecule has 0 saturated carbocycles. The fourth-order valence-corrected chi connectivity index (χ4v) is 2.43. The SMILES string of the molecule is CCCc1cc(NC(=O)c2ccccc2SC)n[nH]1. The highest BCUT2D eigenvalue weighted by Gasteiger charge is 2.11. The van der Waals surface area contributed by atoms with Crippen LogP contribution in [0.3, 0.4) is 0 Å². The maximum Gasteiger partial charge on any atom is 0.257 e. The monoisotopic (exact) mass is 275 g/mol. The molecule has 0 aliphatic heterocycles. The van der Waals surface area contributed by atoms with Crippen LogP contribution < -0.4 is 5.32 Å². The fraction of sp³-hybridized carbons (Fsp3) is 0.286. The van der Waals surface area contributed by atoms with Gasteiger partial charge in [0.1, 0.15) is 0 Å². The van der Waals surface area contributed by atoms with Gasteiger partial charge >= 0.3 is 0 Å². The maximum absolute atomic E-state index is 12.2. The molecule has 5 heteroatoms. The average Bonchev–Trinajstić information content (AvgIpc) is 2.86. The first-order valence-electron chi connectivity index (χ1n) is 6.23. The largest absolute Gasteiger partial charge is 0.305 e. The summed E-state index contributed by atoms with van der Waals surface area (Å²) in [5, 5.41) is 9.83. The molecule has 0 bridgehead atoms. The number of nitrogens with zero attached hydrogens (tertiary/aromatic N) is 1. The number of aromatic amines is 1. The van der Waals surface area contributed by atoms with Crippen LogP contribution in [0.25, 0.3) is 0 Å². The lowest BCUT2D eigenvalue weighted by Crippen LogP contribution is -2.13. The summed E-state index contributed by atoms with van der Waals surface area (Å²) >= 11 is 1.56. The minimum absolute atomic E-state index is 0.125. The van der Waals surface area contributed by atoms with E-state index in [0.29, 0.717) is 11.4 Å². The zero-order valence-corrected chi connectivity index (χ0v) is 11.9. The first-order chi connectivity index (χ1) is 9.24. The Morgan fingerprint density at radius 1 is 1.42 bits per heavy atom. The molecule has 4 nitrogen and oxygen atoms in total. The lowest BCUT2D eigenvalue weighted by molar-refractivity contribution is 0.102. The predicted molar refractivity (Wildman–Crippen MR) is 78.8 cm³/mol. The summed E-state index contributed by atoms with van der Waals surface area (Å²) in [6.45, 7) is 2.10. The van der Waals surface area contributed by atoms with Crippen LogP contribution >= 0.6 is 11.8 Å². The molecular formula is C14H17N3OS. The zero-order chi connectivity index (χ0) is 13.7. The van der Waals surface area contributed by atoms with Crippen molar-refractivity contribution in [1.29, 1.82) is 0 Å². The first kappa shape index (κ1) is 13.7. The van der Waals surface area contributed by atoms with Crippen LogP contribution in [0.4, 0.5) is 5.82 Å². The van der Waals surface area contributed by atoms with Crippen LogP contribution in [0, 0.1) is 0 Å². The number of aromatic nitrogens is 2. The molecular weight excluding hydrogens is 258 g/mol. The smallest absolute Gasteiger partial charge is 0.257 e. The predicted octanol–water partition coefficient (Wildman–Crippen LogP) is 3.34. The average molecular weight is 275 g/mol. The molecule has 0 aliphatic carbocycles. The van der Waals surface area contributed by atoms with E-state index >= 15 is 0 Å². The molecule has 100 valence electrons. The van der Waals surface area contributed by atoms with Crippen molar-refractivity contribution < 1.29 is 4.79 Å². The topological polar surface area (TPSA) is 57.8 Å². The number of carbonyl (C=O) groups excluding carboxylic acids is 1.